The standard InChI is InChI=1S/C19H26N2O5S/c22-18(23)15-9-10-21(12-15)19(24)20-16-6-4-5-14(11-16)13-27(25,26)17-7-2-1-3-8-17/h4-6,11,15,17H,1-3,7-10,12-13H2,(H,20,24)(H,22,23). The molecule has 8 heteroatoms. The van der Waals surface area contributed by atoms with Gasteiger partial charge in [0, 0.05) is 18.8 Å². The molecule has 2 fully saturated rings. The molecule has 7 nitrogen and oxygen atoms in total. The fourth-order valence-electron chi connectivity index (χ4n) is 3.86. The number of anilines is 1. The fourth-order valence-corrected chi connectivity index (χ4v) is 5.79. The van der Waals surface area contributed by atoms with Gasteiger partial charge in [0.2, 0.25) is 0 Å². The first-order chi connectivity index (χ1) is 12.8. The predicted octanol–water partition coefficient (Wildman–Crippen LogP) is 2.87. The molecular formula is C19H26N2O5S. The summed E-state index contributed by atoms with van der Waals surface area (Å²) in [7, 11) is -3.20. The monoisotopic (exact) mass is 394 g/mol. The molecule has 3 rings (SSSR count). The topological polar surface area (TPSA) is 104 Å². The quantitative estimate of drug-likeness (QED) is 0.799. The molecule has 2 aliphatic rings. The predicted molar refractivity (Wildman–Crippen MR) is 102 cm³/mol. The molecule has 1 atom stereocenters. The fraction of sp³-hybridized carbons (Fsp3) is 0.579. The van der Waals surface area contributed by atoms with Crippen molar-refractivity contribution in [1.29, 1.82) is 0 Å². The van der Waals surface area contributed by atoms with E-state index in [0.29, 0.717) is 24.2 Å². The highest BCUT2D eigenvalue weighted by atomic mass is 32.2. The van der Waals surface area contributed by atoms with Crippen molar-refractivity contribution in [3.05, 3.63) is 29.8 Å². The maximum Gasteiger partial charge on any atom is 0.321 e. The van der Waals surface area contributed by atoms with Crippen LogP contribution in [-0.2, 0) is 20.4 Å². The zero-order chi connectivity index (χ0) is 19.4. The Hall–Kier alpha value is -2.09. The van der Waals surface area contributed by atoms with Gasteiger partial charge in [0.1, 0.15) is 0 Å². The van der Waals surface area contributed by atoms with Gasteiger partial charge in [-0.2, -0.15) is 0 Å². The molecule has 2 N–H and O–H groups in total. The van der Waals surface area contributed by atoms with Gasteiger partial charge in [-0.1, -0.05) is 31.4 Å². The number of carboxylic acid groups (broad SMARTS) is 1. The van der Waals surface area contributed by atoms with Crippen LogP contribution in [0.4, 0.5) is 10.5 Å². The summed E-state index contributed by atoms with van der Waals surface area (Å²) in [5.74, 6) is -1.44. The Bertz CT molecular complexity index is 802. The number of aliphatic carboxylic acids is 1. The first kappa shape index (κ1) is 19.7. The Morgan fingerprint density at radius 3 is 2.56 bits per heavy atom. The normalized spacial score (nSPS) is 21.2. The van der Waals surface area contributed by atoms with Crippen molar-refractivity contribution in [3.8, 4) is 0 Å². The van der Waals surface area contributed by atoms with Crippen molar-refractivity contribution < 1.29 is 23.1 Å². The highest BCUT2D eigenvalue weighted by Gasteiger charge is 2.31. The molecule has 2 amide bonds. The number of sulfone groups is 1. The second-order valence-corrected chi connectivity index (χ2v) is 9.75. The second kappa shape index (κ2) is 8.29. The number of rotatable bonds is 5. The van der Waals surface area contributed by atoms with Crippen molar-refractivity contribution in [2.24, 2.45) is 5.92 Å². The number of carbonyl (C=O) groups is 2. The Balaban J connectivity index is 1.62. The minimum atomic E-state index is -3.20. The molecule has 1 saturated heterocycles. The minimum Gasteiger partial charge on any atom is -0.481 e. The molecule has 1 aliphatic heterocycles. The zero-order valence-electron chi connectivity index (χ0n) is 15.3. The van der Waals surface area contributed by atoms with Crippen molar-refractivity contribution in [2.45, 2.75) is 49.5 Å². The molecule has 1 unspecified atom stereocenters. The average Bonchev–Trinajstić information content (AvgIpc) is 3.13. The van der Waals surface area contributed by atoms with Gasteiger partial charge in [-0.25, -0.2) is 13.2 Å². The van der Waals surface area contributed by atoms with Crippen LogP contribution in [0.5, 0.6) is 0 Å². The number of nitrogens with zero attached hydrogens (tertiary/aromatic N) is 1. The first-order valence-corrected chi connectivity index (χ1v) is 11.2. The Morgan fingerprint density at radius 2 is 1.89 bits per heavy atom. The van der Waals surface area contributed by atoms with Crippen LogP contribution in [-0.4, -0.2) is 48.8 Å². The van der Waals surface area contributed by atoms with Crippen LogP contribution < -0.4 is 5.32 Å². The molecule has 0 radical (unpaired) electrons. The maximum absolute atomic E-state index is 12.6. The number of carboxylic acids is 1. The van der Waals surface area contributed by atoms with E-state index in [0.717, 1.165) is 32.1 Å². The summed E-state index contributed by atoms with van der Waals surface area (Å²) in [6.07, 6.45) is 4.95. The van der Waals surface area contributed by atoms with Crippen LogP contribution in [0.1, 0.15) is 44.1 Å². The number of amides is 2. The molecule has 0 spiro atoms. The van der Waals surface area contributed by atoms with E-state index in [1.54, 1.807) is 24.3 Å². The van der Waals surface area contributed by atoms with Gasteiger partial charge < -0.3 is 15.3 Å². The lowest BCUT2D eigenvalue weighted by Crippen LogP contribution is -2.33. The molecule has 1 aromatic carbocycles. The SMILES string of the molecule is O=C(O)C1CCN(C(=O)Nc2cccc(CS(=O)(=O)C3CCCCC3)c2)C1. The summed E-state index contributed by atoms with van der Waals surface area (Å²) in [5.41, 5.74) is 1.18. The van der Waals surface area contributed by atoms with Gasteiger partial charge in [0.15, 0.2) is 9.84 Å². The number of benzene rings is 1. The number of carbonyl (C=O) groups excluding carboxylic acids is 1. The number of likely N-dealkylation sites (tertiary alicyclic amines) is 1. The third-order valence-electron chi connectivity index (χ3n) is 5.43. The van der Waals surface area contributed by atoms with Gasteiger partial charge in [-0.3, -0.25) is 4.79 Å². The molecule has 27 heavy (non-hydrogen) atoms. The van der Waals surface area contributed by atoms with E-state index < -0.39 is 21.7 Å². The lowest BCUT2D eigenvalue weighted by molar-refractivity contribution is -0.141. The number of hydrogen-bond acceptors (Lipinski definition) is 4. The maximum atomic E-state index is 12.6. The first-order valence-electron chi connectivity index (χ1n) is 9.44. The van der Waals surface area contributed by atoms with Crippen LogP contribution in [0, 0.1) is 5.92 Å². The highest BCUT2D eigenvalue weighted by Crippen LogP contribution is 2.27. The zero-order valence-corrected chi connectivity index (χ0v) is 16.1. The van der Waals surface area contributed by atoms with E-state index in [2.05, 4.69) is 5.32 Å². The summed E-state index contributed by atoms with van der Waals surface area (Å²) >= 11 is 0. The Kier molecular flexibility index (Phi) is 6.04. The second-order valence-electron chi connectivity index (χ2n) is 7.47. The number of urea groups is 1. The molecule has 1 aliphatic carbocycles. The van der Waals surface area contributed by atoms with Crippen molar-refractivity contribution in [2.75, 3.05) is 18.4 Å². The van der Waals surface area contributed by atoms with Crippen LogP contribution in [0.3, 0.4) is 0 Å². The number of nitrogens with one attached hydrogen (secondary N) is 1. The van der Waals surface area contributed by atoms with Gasteiger partial charge in [-0.15, -0.1) is 0 Å². The van der Waals surface area contributed by atoms with Gasteiger partial charge >= 0.3 is 12.0 Å². The molecule has 1 saturated carbocycles. The van der Waals surface area contributed by atoms with Gasteiger partial charge in [0.25, 0.3) is 0 Å². The summed E-state index contributed by atoms with van der Waals surface area (Å²) in [4.78, 5) is 24.8. The lowest BCUT2D eigenvalue weighted by Gasteiger charge is -2.22. The third-order valence-corrected chi connectivity index (χ3v) is 7.65. The molecule has 0 aromatic heterocycles. The van der Waals surface area contributed by atoms with Crippen LogP contribution in [0.25, 0.3) is 0 Å². The van der Waals surface area contributed by atoms with E-state index in [1.165, 1.54) is 4.90 Å². The molecule has 1 aromatic rings. The molecule has 0 bridgehead atoms. The Labute approximate surface area is 159 Å². The molecule has 1 heterocycles. The number of hydrogen-bond donors (Lipinski definition) is 2. The van der Waals surface area contributed by atoms with E-state index >= 15 is 0 Å². The van der Waals surface area contributed by atoms with E-state index in [-0.39, 0.29) is 23.6 Å². The average molecular weight is 394 g/mol. The largest absolute Gasteiger partial charge is 0.481 e. The summed E-state index contributed by atoms with van der Waals surface area (Å²) in [6.45, 7) is 0.593. The van der Waals surface area contributed by atoms with Crippen molar-refractivity contribution in [3.63, 3.8) is 0 Å². The highest BCUT2D eigenvalue weighted by molar-refractivity contribution is 7.91. The van der Waals surface area contributed by atoms with E-state index in [9.17, 15) is 18.0 Å². The summed E-state index contributed by atoms with van der Waals surface area (Å²) in [5, 5.41) is 11.5. The van der Waals surface area contributed by atoms with Crippen molar-refractivity contribution in [1.82, 2.24) is 4.90 Å². The smallest absolute Gasteiger partial charge is 0.321 e. The third kappa shape index (κ3) is 5.00. The van der Waals surface area contributed by atoms with E-state index in [4.69, 9.17) is 5.11 Å². The van der Waals surface area contributed by atoms with Crippen LogP contribution >= 0.6 is 0 Å². The summed E-state index contributed by atoms with van der Waals surface area (Å²) < 4.78 is 25.3. The lowest BCUT2D eigenvalue weighted by atomic mass is 10.0. The summed E-state index contributed by atoms with van der Waals surface area (Å²) in [6, 6.07) is 6.52. The van der Waals surface area contributed by atoms with Crippen molar-refractivity contribution >= 4 is 27.5 Å². The molecular weight excluding hydrogens is 368 g/mol. The van der Waals surface area contributed by atoms with Gasteiger partial charge in [-0.05, 0) is 37.0 Å². The Morgan fingerprint density at radius 1 is 1.15 bits per heavy atom. The van der Waals surface area contributed by atoms with E-state index in [1.807, 2.05) is 0 Å². The molecule has 148 valence electrons. The minimum absolute atomic E-state index is 0.0216. The van der Waals surface area contributed by atoms with Crippen LogP contribution in [0.2, 0.25) is 0 Å². The van der Waals surface area contributed by atoms with Crippen LogP contribution in [0.15, 0.2) is 24.3 Å². The van der Waals surface area contributed by atoms with Gasteiger partial charge in [0.05, 0.1) is 16.9 Å².